The second kappa shape index (κ2) is 13.0. The molecule has 12 rings (SSSR count). The molecule has 1 aliphatic carbocycles. The van der Waals surface area contributed by atoms with Crippen molar-refractivity contribution in [3.63, 3.8) is 0 Å². The van der Waals surface area contributed by atoms with Gasteiger partial charge in [-0.25, -0.2) is 0 Å². The summed E-state index contributed by atoms with van der Waals surface area (Å²) in [4.78, 5) is 2.32. The number of nitrogens with zero attached hydrogens (tertiary/aromatic N) is 1. The first-order chi connectivity index (χ1) is 29.1. The highest BCUT2D eigenvalue weighted by molar-refractivity contribution is 6.10. The molecule has 1 aliphatic rings. The molecule has 0 saturated carbocycles. The minimum Gasteiger partial charge on any atom is -0.456 e. The molecule has 0 bridgehead atoms. The van der Waals surface area contributed by atoms with Crippen LogP contribution in [-0.2, 0) is 5.41 Å². The van der Waals surface area contributed by atoms with Gasteiger partial charge in [0, 0.05) is 61.2 Å². The third-order valence-electron chi connectivity index (χ3n) is 12.6. The van der Waals surface area contributed by atoms with Crippen LogP contribution in [0.5, 0.6) is 0 Å². The summed E-state index contributed by atoms with van der Waals surface area (Å²) in [6.07, 6.45) is 0. The van der Waals surface area contributed by atoms with Gasteiger partial charge in [-0.1, -0.05) is 158 Å². The minimum absolute atomic E-state index is 0.371. The van der Waals surface area contributed by atoms with Gasteiger partial charge in [-0.3, -0.25) is 0 Å². The molecule has 0 spiro atoms. The van der Waals surface area contributed by atoms with Gasteiger partial charge in [0.15, 0.2) is 0 Å². The van der Waals surface area contributed by atoms with E-state index in [0.29, 0.717) is 0 Å². The number of hydrogen-bond donors (Lipinski definition) is 0. The van der Waals surface area contributed by atoms with Crippen molar-refractivity contribution in [1.29, 1.82) is 0 Å². The predicted octanol–water partition coefficient (Wildman–Crippen LogP) is 15.6. The van der Waals surface area contributed by atoms with Crippen LogP contribution in [0.15, 0.2) is 215 Å². The molecular weight excluding hydrogens is 719 g/mol. The Morgan fingerprint density at radius 1 is 0.339 bits per heavy atom. The van der Waals surface area contributed by atoms with Gasteiger partial charge in [0.25, 0.3) is 0 Å². The topological polar surface area (TPSA) is 29.5 Å². The average molecular weight is 756 g/mol. The normalized spacial score (nSPS) is 13.0. The van der Waals surface area contributed by atoms with Crippen molar-refractivity contribution in [2.75, 3.05) is 4.90 Å². The largest absolute Gasteiger partial charge is 0.456 e. The maximum atomic E-state index is 7.04. The van der Waals surface area contributed by atoms with Crippen LogP contribution in [0.3, 0.4) is 0 Å². The van der Waals surface area contributed by atoms with Crippen molar-refractivity contribution < 1.29 is 8.83 Å². The van der Waals surface area contributed by atoms with E-state index in [4.69, 9.17) is 8.83 Å². The zero-order valence-electron chi connectivity index (χ0n) is 32.4. The maximum Gasteiger partial charge on any atom is 0.143 e. The van der Waals surface area contributed by atoms with E-state index in [9.17, 15) is 0 Å². The van der Waals surface area contributed by atoms with E-state index in [1.54, 1.807) is 0 Å². The fourth-order valence-corrected chi connectivity index (χ4v) is 9.71. The van der Waals surface area contributed by atoms with E-state index < -0.39 is 0 Å². The predicted molar refractivity (Wildman–Crippen MR) is 244 cm³/mol. The molecule has 0 atom stereocenters. The number of para-hydroxylation sites is 3. The summed E-state index contributed by atoms with van der Waals surface area (Å²) in [6, 6.07) is 73.7. The molecule has 2 heterocycles. The molecular formula is C56H37NO2. The summed E-state index contributed by atoms with van der Waals surface area (Å²) in [5, 5.41) is 4.48. The molecule has 0 unspecified atom stereocenters. The first-order valence-corrected chi connectivity index (χ1v) is 20.2. The monoisotopic (exact) mass is 755 g/mol. The molecule has 3 heteroatoms. The smallest absolute Gasteiger partial charge is 0.143 e. The Bertz CT molecular complexity index is 3340. The van der Waals surface area contributed by atoms with Gasteiger partial charge < -0.3 is 13.7 Å². The number of fused-ring (bicyclic) bond motifs is 9. The second-order valence-corrected chi connectivity index (χ2v) is 15.8. The van der Waals surface area contributed by atoms with Gasteiger partial charge in [-0.05, 0) is 88.3 Å². The first kappa shape index (κ1) is 33.5. The lowest BCUT2D eigenvalue weighted by atomic mass is 9.74. The molecule has 0 radical (unpaired) electrons. The highest BCUT2D eigenvalue weighted by Gasteiger charge is 2.42. The van der Waals surface area contributed by atoms with Crippen LogP contribution >= 0.6 is 0 Å². The van der Waals surface area contributed by atoms with Crippen LogP contribution in [0.25, 0.3) is 77.3 Å². The SMILES string of the molecule is CC1(c2cccc3c2oc2cc(N(c4ccc(-c5ccccc5)cc4)c4ccc(-c5cccc6c5oc5ccccc56)cc4)ccc23)c2ccccc2-c2ccccc21. The molecule has 59 heavy (non-hydrogen) atoms. The van der Waals surface area contributed by atoms with Crippen molar-refractivity contribution in [2.45, 2.75) is 12.3 Å². The molecule has 0 fully saturated rings. The molecule has 11 aromatic rings. The van der Waals surface area contributed by atoms with E-state index in [0.717, 1.165) is 72.1 Å². The Labute approximate surface area is 342 Å². The lowest BCUT2D eigenvalue weighted by Crippen LogP contribution is -2.22. The fraction of sp³-hybridized carbons (Fsp3) is 0.0357. The summed E-state index contributed by atoms with van der Waals surface area (Å²) in [5.41, 5.74) is 17.2. The highest BCUT2D eigenvalue weighted by atomic mass is 16.3. The molecule has 0 saturated heterocycles. The number of benzene rings is 9. The standard InChI is InChI=1S/C56H37NO2/c1-56(49-21-8-5-15-43(49)44-16-6-9-22-50(44)56)51-23-12-20-48-46-34-33-41(35-53(46)59-55(48)51)57(39-29-25-37(26-30-39)36-13-3-2-4-14-36)40-31-27-38(28-32-40)42-18-11-19-47-45-17-7-10-24-52(45)58-54(42)47/h2-35H,1H3. The number of rotatable bonds is 6. The summed E-state index contributed by atoms with van der Waals surface area (Å²) >= 11 is 0. The summed E-state index contributed by atoms with van der Waals surface area (Å²) in [6.45, 7) is 2.35. The second-order valence-electron chi connectivity index (χ2n) is 15.8. The van der Waals surface area contributed by atoms with Gasteiger partial charge in [0.1, 0.15) is 22.3 Å². The van der Waals surface area contributed by atoms with Gasteiger partial charge >= 0.3 is 0 Å². The summed E-state index contributed by atoms with van der Waals surface area (Å²) < 4.78 is 13.5. The van der Waals surface area contributed by atoms with Crippen molar-refractivity contribution in [2.24, 2.45) is 0 Å². The Kier molecular flexibility index (Phi) is 7.36. The van der Waals surface area contributed by atoms with Crippen molar-refractivity contribution in [3.05, 3.63) is 223 Å². The van der Waals surface area contributed by atoms with Crippen LogP contribution in [0.1, 0.15) is 23.6 Å². The van der Waals surface area contributed by atoms with Crippen LogP contribution in [0, 0.1) is 0 Å². The van der Waals surface area contributed by atoms with E-state index in [1.165, 1.54) is 38.9 Å². The third-order valence-corrected chi connectivity index (χ3v) is 12.6. The number of hydrogen-bond acceptors (Lipinski definition) is 3. The maximum absolute atomic E-state index is 7.04. The number of furan rings is 2. The quantitative estimate of drug-likeness (QED) is 0.169. The lowest BCUT2D eigenvalue weighted by molar-refractivity contribution is 0.638. The fourth-order valence-electron chi connectivity index (χ4n) is 9.71. The number of anilines is 3. The Morgan fingerprint density at radius 3 is 1.56 bits per heavy atom. The Hall–Kier alpha value is -7.62. The molecule has 0 aliphatic heterocycles. The van der Waals surface area contributed by atoms with Crippen LogP contribution in [0.2, 0.25) is 0 Å². The van der Waals surface area contributed by atoms with E-state index in [1.807, 2.05) is 12.1 Å². The van der Waals surface area contributed by atoms with E-state index >= 15 is 0 Å². The Morgan fingerprint density at radius 2 is 0.831 bits per heavy atom. The van der Waals surface area contributed by atoms with Crippen molar-refractivity contribution >= 4 is 60.9 Å². The molecule has 2 aromatic heterocycles. The molecule has 278 valence electrons. The zero-order valence-corrected chi connectivity index (χ0v) is 32.4. The summed E-state index contributed by atoms with van der Waals surface area (Å²) in [5.74, 6) is 0. The lowest BCUT2D eigenvalue weighted by Gasteiger charge is -2.28. The van der Waals surface area contributed by atoms with Crippen molar-refractivity contribution in [3.8, 4) is 33.4 Å². The molecule has 3 nitrogen and oxygen atoms in total. The van der Waals surface area contributed by atoms with E-state index in [-0.39, 0.29) is 5.41 Å². The van der Waals surface area contributed by atoms with Crippen LogP contribution < -0.4 is 4.90 Å². The molecule has 0 amide bonds. The van der Waals surface area contributed by atoms with Gasteiger partial charge in [0.2, 0.25) is 0 Å². The van der Waals surface area contributed by atoms with E-state index in [2.05, 4.69) is 206 Å². The van der Waals surface area contributed by atoms with Crippen molar-refractivity contribution in [1.82, 2.24) is 0 Å². The average Bonchev–Trinajstić information content (AvgIpc) is 3.96. The van der Waals surface area contributed by atoms with Gasteiger partial charge in [-0.2, -0.15) is 0 Å². The van der Waals surface area contributed by atoms with Crippen LogP contribution in [-0.4, -0.2) is 0 Å². The zero-order chi connectivity index (χ0) is 39.1. The highest BCUT2D eigenvalue weighted by Crippen LogP contribution is 2.54. The van der Waals surface area contributed by atoms with Gasteiger partial charge in [0.05, 0.1) is 0 Å². The van der Waals surface area contributed by atoms with Gasteiger partial charge in [-0.15, -0.1) is 0 Å². The van der Waals surface area contributed by atoms with Crippen LogP contribution in [0.4, 0.5) is 17.1 Å². The minimum atomic E-state index is -0.371. The molecule has 9 aromatic carbocycles. The Balaban J connectivity index is 0.997. The third kappa shape index (κ3) is 5.08. The summed E-state index contributed by atoms with van der Waals surface area (Å²) in [7, 11) is 0. The molecule has 0 N–H and O–H groups in total. The first-order valence-electron chi connectivity index (χ1n) is 20.2.